The van der Waals surface area contributed by atoms with Crippen molar-refractivity contribution in [1.29, 1.82) is 0 Å². The van der Waals surface area contributed by atoms with Crippen LogP contribution in [0.25, 0.3) is 0 Å². The van der Waals surface area contributed by atoms with Gasteiger partial charge in [0.1, 0.15) is 5.76 Å². The number of hydrogen-bond donors (Lipinski definition) is 1. The number of carbonyl (C=O) groups is 2. The quantitative estimate of drug-likeness (QED) is 0.808. The molecule has 6 heteroatoms. The molecule has 1 N–H and O–H groups in total. The Labute approximate surface area is 124 Å². The Morgan fingerprint density at radius 1 is 1.33 bits per heavy atom. The number of rotatable bonds is 6. The van der Waals surface area contributed by atoms with Gasteiger partial charge in [0, 0.05) is 6.04 Å². The van der Waals surface area contributed by atoms with Crippen molar-refractivity contribution < 1.29 is 14.0 Å². The normalized spacial score (nSPS) is 19.1. The van der Waals surface area contributed by atoms with E-state index < -0.39 is 6.04 Å². The highest BCUT2D eigenvalue weighted by Gasteiger charge is 2.41. The number of aromatic nitrogens is 1. The molecular formula is C15H23N3O3. The van der Waals surface area contributed by atoms with Crippen molar-refractivity contribution in [2.24, 2.45) is 0 Å². The Morgan fingerprint density at radius 2 is 2.00 bits per heavy atom. The predicted molar refractivity (Wildman–Crippen MR) is 77.4 cm³/mol. The van der Waals surface area contributed by atoms with Crippen molar-refractivity contribution in [3.63, 3.8) is 0 Å². The van der Waals surface area contributed by atoms with Gasteiger partial charge in [0.15, 0.2) is 0 Å². The van der Waals surface area contributed by atoms with E-state index in [1.807, 2.05) is 27.7 Å². The van der Waals surface area contributed by atoms with Crippen LogP contribution in [-0.2, 0) is 16.1 Å². The van der Waals surface area contributed by atoms with Crippen LogP contribution < -0.4 is 5.32 Å². The first-order valence-electron chi connectivity index (χ1n) is 7.50. The Bertz CT molecular complexity index is 515. The van der Waals surface area contributed by atoms with Crippen molar-refractivity contribution in [3.05, 3.63) is 17.3 Å². The standard InChI is InChI=1S/C15H23N3O3/c1-5-11(6-2)18-14(19)7-12(15(18)20)16-8-13-17-9(3)10(4)21-13/h11-12,16H,5-8H2,1-4H3. The van der Waals surface area contributed by atoms with Crippen LogP contribution in [0.5, 0.6) is 0 Å². The first-order chi connectivity index (χ1) is 9.97. The van der Waals surface area contributed by atoms with Crippen molar-refractivity contribution in [2.45, 2.75) is 65.6 Å². The molecule has 0 bridgehead atoms. The molecule has 2 heterocycles. The van der Waals surface area contributed by atoms with Crippen molar-refractivity contribution in [3.8, 4) is 0 Å². The van der Waals surface area contributed by atoms with Crippen LogP contribution in [0.4, 0.5) is 0 Å². The van der Waals surface area contributed by atoms with Gasteiger partial charge in [-0.3, -0.25) is 19.8 Å². The van der Waals surface area contributed by atoms with Crippen LogP contribution in [0.2, 0.25) is 0 Å². The number of carbonyl (C=O) groups excluding carboxylic acids is 2. The summed E-state index contributed by atoms with van der Waals surface area (Å²) in [5, 5.41) is 3.08. The first-order valence-corrected chi connectivity index (χ1v) is 7.50. The lowest BCUT2D eigenvalue weighted by Crippen LogP contribution is -2.43. The monoisotopic (exact) mass is 293 g/mol. The van der Waals surface area contributed by atoms with E-state index in [2.05, 4.69) is 10.3 Å². The number of imide groups is 1. The van der Waals surface area contributed by atoms with E-state index >= 15 is 0 Å². The summed E-state index contributed by atoms with van der Waals surface area (Å²) in [6.45, 7) is 8.07. The SMILES string of the molecule is CCC(CC)N1C(=O)CC(NCc2nc(C)c(C)o2)C1=O. The van der Waals surface area contributed by atoms with Gasteiger partial charge in [-0.05, 0) is 26.7 Å². The third-order valence-corrected chi connectivity index (χ3v) is 4.06. The molecule has 0 saturated carbocycles. The molecule has 1 aromatic heterocycles. The van der Waals surface area contributed by atoms with Gasteiger partial charge in [-0.15, -0.1) is 0 Å². The summed E-state index contributed by atoms with van der Waals surface area (Å²) < 4.78 is 5.47. The molecule has 6 nitrogen and oxygen atoms in total. The lowest BCUT2D eigenvalue weighted by Gasteiger charge is -2.24. The molecule has 1 atom stereocenters. The molecule has 116 valence electrons. The van der Waals surface area contributed by atoms with Crippen LogP contribution in [0.3, 0.4) is 0 Å². The first kappa shape index (κ1) is 15.7. The predicted octanol–water partition coefficient (Wildman–Crippen LogP) is 1.70. The number of amides is 2. The average molecular weight is 293 g/mol. The van der Waals surface area contributed by atoms with E-state index in [4.69, 9.17) is 4.42 Å². The maximum absolute atomic E-state index is 12.4. The van der Waals surface area contributed by atoms with Crippen molar-refractivity contribution in [2.75, 3.05) is 0 Å². The Hall–Kier alpha value is -1.69. The van der Waals surface area contributed by atoms with Crippen LogP contribution in [0.15, 0.2) is 4.42 Å². The van der Waals surface area contributed by atoms with Gasteiger partial charge in [0.05, 0.1) is 24.7 Å². The molecule has 1 aliphatic heterocycles. The number of aryl methyl sites for hydroxylation is 2. The fourth-order valence-corrected chi connectivity index (χ4v) is 2.67. The maximum atomic E-state index is 12.4. The second kappa shape index (κ2) is 6.39. The zero-order valence-electron chi connectivity index (χ0n) is 13.1. The van der Waals surface area contributed by atoms with Crippen LogP contribution in [0.1, 0.15) is 50.5 Å². The lowest BCUT2D eigenvalue weighted by molar-refractivity contribution is -0.141. The van der Waals surface area contributed by atoms with Gasteiger partial charge in [-0.1, -0.05) is 13.8 Å². The number of oxazole rings is 1. The second-order valence-corrected chi connectivity index (χ2v) is 5.46. The molecule has 0 spiro atoms. The van der Waals surface area contributed by atoms with Crippen LogP contribution in [0, 0.1) is 13.8 Å². The van der Waals surface area contributed by atoms with Crippen LogP contribution in [-0.4, -0.2) is 33.8 Å². The lowest BCUT2D eigenvalue weighted by atomic mass is 10.1. The minimum Gasteiger partial charge on any atom is -0.444 e. The van der Waals surface area contributed by atoms with E-state index in [0.717, 1.165) is 24.3 Å². The van der Waals surface area contributed by atoms with Gasteiger partial charge >= 0.3 is 0 Å². The Morgan fingerprint density at radius 3 is 2.52 bits per heavy atom. The third kappa shape index (κ3) is 3.15. The van der Waals surface area contributed by atoms with Gasteiger partial charge < -0.3 is 4.42 Å². The zero-order chi connectivity index (χ0) is 15.6. The van der Waals surface area contributed by atoms with Crippen LogP contribution >= 0.6 is 0 Å². The molecule has 1 aliphatic rings. The Kier molecular flexibility index (Phi) is 4.77. The van der Waals surface area contributed by atoms with Gasteiger partial charge in [0.2, 0.25) is 17.7 Å². The van der Waals surface area contributed by atoms with E-state index in [1.54, 1.807) is 0 Å². The molecule has 0 aromatic carbocycles. The van der Waals surface area contributed by atoms with Crippen molar-refractivity contribution in [1.82, 2.24) is 15.2 Å². The minimum absolute atomic E-state index is 0.00280. The van der Waals surface area contributed by atoms with E-state index in [1.165, 1.54) is 4.90 Å². The largest absolute Gasteiger partial charge is 0.444 e. The highest BCUT2D eigenvalue weighted by Crippen LogP contribution is 2.20. The van der Waals surface area contributed by atoms with E-state index in [0.29, 0.717) is 12.4 Å². The molecule has 21 heavy (non-hydrogen) atoms. The summed E-state index contributed by atoms with van der Waals surface area (Å²) in [7, 11) is 0. The number of nitrogens with zero attached hydrogens (tertiary/aromatic N) is 2. The summed E-state index contributed by atoms with van der Waals surface area (Å²) in [4.78, 5) is 30.1. The number of likely N-dealkylation sites (tertiary alicyclic amines) is 1. The number of hydrogen-bond acceptors (Lipinski definition) is 5. The molecular weight excluding hydrogens is 270 g/mol. The molecule has 2 rings (SSSR count). The van der Waals surface area contributed by atoms with Crippen molar-refractivity contribution >= 4 is 11.8 Å². The Balaban J connectivity index is 1.99. The molecule has 1 fully saturated rings. The highest BCUT2D eigenvalue weighted by atomic mass is 16.4. The maximum Gasteiger partial charge on any atom is 0.247 e. The summed E-state index contributed by atoms with van der Waals surface area (Å²) in [6, 6.07) is -0.464. The third-order valence-electron chi connectivity index (χ3n) is 4.06. The van der Waals surface area contributed by atoms with Gasteiger partial charge in [0.25, 0.3) is 0 Å². The smallest absolute Gasteiger partial charge is 0.247 e. The van der Waals surface area contributed by atoms with E-state index in [-0.39, 0.29) is 24.3 Å². The molecule has 1 saturated heterocycles. The summed E-state index contributed by atoms with van der Waals surface area (Å²) in [5.74, 6) is 1.10. The molecule has 2 amide bonds. The molecule has 0 aliphatic carbocycles. The summed E-state index contributed by atoms with van der Waals surface area (Å²) >= 11 is 0. The molecule has 0 radical (unpaired) electrons. The molecule has 1 aromatic rings. The average Bonchev–Trinajstić information content (AvgIpc) is 2.91. The fraction of sp³-hybridized carbons (Fsp3) is 0.667. The number of nitrogens with one attached hydrogen (secondary N) is 1. The summed E-state index contributed by atoms with van der Waals surface area (Å²) in [6.07, 6.45) is 1.80. The fourth-order valence-electron chi connectivity index (χ4n) is 2.67. The molecule has 1 unspecified atom stereocenters. The van der Waals surface area contributed by atoms with E-state index in [9.17, 15) is 9.59 Å². The topological polar surface area (TPSA) is 75.4 Å². The van der Waals surface area contributed by atoms with Gasteiger partial charge in [-0.2, -0.15) is 0 Å². The highest BCUT2D eigenvalue weighted by molar-refractivity contribution is 6.05. The zero-order valence-corrected chi connectivity index (χ0v) is 13.1. The second-order valence-electron chi connectivity index (χ2n) is 5.46. The summed E-state index contributed by atoms with van der Waals surface area (Å²) in [5.41, 5.74) is 0.847. The minimum atomic E-state index is -0.467. The van der Waals surface area contributed by atoms with Gasteiger partial charge in [-0.25, -0.2) is 4.98 Å².